The lowest BCUT2D eigenvalue weighted by atomic mass is 10.2. The van der Waals surface area contributed by atoms with E-state index in [-0.39, 0.29) is 39.1 Å². The van der Waals surface area contributed by atoms with E-state index in [9.17, 15) is 22.8 Å². The number of ether oxygens (including phenoxy) is 1. The van der Waals surface area contributed by atoms with Gasteiger partial charge in [-0.15, -0.1) is 10.2 Å². The zero-order chi connectivity index (χ0) is 31.9. The Hall–Kier alpha value is -3.45. The van der Waals surface area contributed by atoms with Crippen molar-refractivity contribution in [1.82, 2.24) is 20.1 Å². The minimum atomic E-state index is -4.60. The molecule has 8 nitrogen and oxygen atoms in total. The summed E-state index contributed by atoms with van der Waals surface area (Å²) >= 11 is 19.3. The molecule has 0 spiro atoms. The molecule has 0 saturated heterocycles. The number of benzene rings is 3. The van der Waals surface area contributed by atoms with Crippen LogP contribution in [0.25, 0.3) is 5.69 Å². The molecule has 1 heterocycles. The summed E-state index contributed by atoms with van der Waals surface area (Å²) in [5.41, 5.74) is -0.215. The van der Waals surface area contributed by atoms with Crippen LogP contribution >= 0.6 is 46.6 Å². The first-order chi connectivity index (χ1) is 21.0. The van der Waals surface area contributed by atoms with Crippen LogP contribution in [0.15, 0.2) is 65.8 Å². The molecule has 2 N–H and O–H groups in total. The normalized spacial score (nSPS) is 11.3. The number of nitrogens with zero attached hydrogens (tertiary/aromatic N) is 3. The highest BCUT2D eigenvalue weighted by molar-refractivity contribution is 7.99. The molecule has 1 aromatic heterocycles. The Morgan fingerprint density at radius 1 is 0.955 bits per heavy atom. The average molecular weight is 687 g/mol. The van der Waals surface area contributed by atoms with E-state index in [0.29, 0.717) is 34.5 Å². The number of aromatic nitrogens is 3. The molecular weight excluding hydrogens is 662 g/mol. The molecule has 0 fully saturated rings. The Bertz CT molecular complexity index is 1630. The highest BCUT2D eigenvalue weighted by Gasteiger charge is 2.31. The highest BCUT2D eigenvalue weighted by atomic mass is 35.5. The molecule has 0 bridgehead atoms. The van der Waals surface area contributed by atoms with Gasteiger partial charge in [0.2, 0.25) is 5.91 Å². The van der Waals surface area contributed by atoms with Crippen LogP contribution in [0.3, 0.4) is 0 Å². The van der Waals surface area contributed by atoms with Gasteiger partial charge in [0.05, 0.1) is 50.9 Å². The predicted molar refractivity (Wildman–Crippen MR) is 165 cm³/mol. The first-order valence-corrected chi connectivity index (χ1v) is 15.3. The van der Waals surface area contributed by atoms with Gasteiger partial charge in [0.15, 0.2) is 11.0 Å². The summed E-state index contributed by atoms with van der Waals surface area (Å²) in [5.74, 6) is -0.252. The van der Waals surface area contributed by atoms with E-state index in [4.69, 9.17) is 39.5 Å². The van der Waals surface area contributed by atoms with Gasteiger partial charge < -0.3 is 15.4 Å². The first-order valence-electron chi connectivity index (χ1n) is 13.2. The Labute approximate surface area is 270 Å². The Morgan fingerprint density at radius 3 is 2.36 bits per heavy atom. The third-order valence-electron chi connectivity index (χ3n) is 6.05. The fraction of sp³-hybridized carbons (Fsp3) is 0.241. The van der Waals surface area contributed by atoms with Gasteiger partial charge in [-0.2, -0.15) is 13.2 Å². The van der Waals surface area contributed by atoms with Crippen molar-refractivity contribution >= 4 is 64.1 Å². The maximum atomic E-state index is 13.1. The van der Waals surface area contributed by atoms with Crippen molar-refractivity contribution in [2.45, 2.75) is 37.6 Å². The second-order valence-electron chi connectivity index (χ2n) is 9.27. The molecule has 4 aromatic rings. The number of hydrogen-bond donors (Lipinski definition) is 2. The molecule has 0 aliphatic heterocycles. The summed E-state index contributed by atoms with van der Waals surface area (Å²) in [4.78, 5) is 25.5. The minimum absolute atomic E-state index is 0.0343. The van der Waals surface area contributed by atoms with Crippen molar-refractivity contribution in [2.75, 3.05) is 17.7 Å². The Morgan fingerprint density at radius 2 is 1.68 bits per heavy atom. The van der Waals surface area contributed by atoms with Gasteiger partial charge in [0, 0.05) is 5.56 Å². The number of carbonyl (C=O) groups excluding carboxylic acids is 2. The summed E-state index contributed by atoms with van der Waals surface area (Å²) < 4.78 is 46.6. The fourth-order valence-corrected chi connectivity index (χ4v) is 5.03. The Balaban J connectivity index is 1.48. The SMILES string of the molecule is CCCCOc1ccc(C(=O)NCc2nnc(SCC(=O)Nc3cc(C(F)(F)F)ccc3Cl)n2-c2ccc(Cl)c(Cl)c2)cc1. The van der Waals surface area contributed by atoms with Crippen LogP contribution in [0.4, 0.5) is 18.9 Å². The van der Waals surface area contributed by atoms with Crippen LogP contribution in [-0.4, -0.2) is 38.9 Å². The van der Waals surface area contributed by atoms with E-state index in [1.54, 1.807) is 47.0 Å². The van der Waals surface area contributed by atoms with Crippen LogP contribution in [0, 0.1) is 0 Å². The van der Waals surface area contributed by atoms with Crippen LogP contribution in [0.2, 0.25) is 15.1 Å². The molecule has 4 rings (SSSR count). The molecule has 3 aromatic carbocycles. The van der Waals surface area contributed by atoms with Gasteiger partial charge in [0.1, 0.15) is 5.75 Å². The largest absolute Gasteiger partial charge is 0.494 e. The molecule has 0 aliphatic rings. The average Bonchev–Trinajstić information content (AvgIpc) is 3.40. The molecule has 0 aliphatic carbocycles. The molecular formula is C29H25Cl3F3N5O3S. The van der Waals surface area contributed by atoms with Crippen molar-refractivity contribution in [2.24, 2.45) is 0 Å². The highest BCUT2D eigenvalue weighted by Crippen LogP contribution is 2.34. The number of alkyl halides is 3. The first kappa shape index (κ1) is 33.4. The lowest BCUT2D eigenvalue weighted by molar-refractivity contribution is -0.137. The van der Waals surface area contributed by atoms with Gasteiger partial charge in [-0.3, -0.25) is 14.2 Å². The van der Waals surface area contributed by atoms with Crippen LogP contribution in [0.1, 0.15) is 41.5 Å². The number of rotatable bonds is 12. The minimum Gasteiger partial charge on any atom is -0.494 e. The second-order valence-corrected chi connectivity index (χ2v) is 11.4. The van der Waals surface area contributed by atoms with Crippen molar-refractivity contribution in [1.29, 1.82) is 0 Å². The van der Waals surface area contributed by atoms with E-state index in [0.717, 1.165) is 42.8 Å². The van der Waals surface area contributed by atoms with Gasteiger partial charge in [-0.05, 0) is 67.1 Å². The molecule has 0 unspecified atom stereocenters. The Kier molecular flexibility index (Phi) is 11.4. The van der Waals surface area contributed by atoms with Crippen LogP contribution in [-0.2, 0) is 17.5 Å². The van der Waals surface area contributed by atoms with Crippen molar-refractivity contribution < 1.29 is 27.5 Å². The topological polar surface area (TPSA) is 98.1 Å². The number of anilines is 1. The van der Waals surface area contributed by atoms with Gasteiger partial charge in [0.25, 0.3) is 5.91 Å². The maximum Gasteiger partial charge on any atom is 0.416 e. The van der Waals surface area contributed by atoms with Crippen LogP contribution in [0.5, 0.6) is 5.75 Å². The quantitative estimate of drug-likeness (QED) is 0.116. The molecule has 0 saturated carbocycles. The zero-order valence-electron chi connectivity index (χ0n) is 23.1. The molecule has 2 amide bonds. The third-order valence-corrected chi connectivity index (χ3v) is 8.05. The maximum absolute atomic E-state index is 13.1. The summed E-state index contributed by atoms with van der Waals surface area (Å²) in [5, 5.41) is 14.3. The van der Waals surface area contributed by atoms with Crippen molar-refractivity contribution in [3.05, 3.63) is 92.7 Å². The van der Waals surface area contributed by atoms with Gasteiger partial charge in [-0.25, -0.2) is 0 Å². The molecule has 44 heavy (non-hydrogen) atoms. The summed E-state index contributed by atoms with van der Waals surface area (Å²) in [6, 6.07) is 14.2. The van der Waals surface area contributed by atoms with E-state index < -0.39 is 17.6 Å². The number of hydrogen-bond acceptors (Lipinski definition) is 6. The molecule has 0 atom stereocenters. The molecule has 0 radical (unpaired) electrons. The fourth-order valence-electron chi connectivity index (χ4n) is 3.80. The second kappa shape index (κ2) is 15.0. The van der Waals surface area contributed by atoms with E-state index in [2.05, 4.69) is 27.8 Å². The lowest BCUT2D eigenvalue weighted by Gasteiger charge is -2.13. The zero-order valence-corrected chi connectivity index (χ0v) is 26.1. The van der Waals surface area contributed by atoms with Gasteiger partial charge >= 0.3 is 6.18 Å². The van der Waals surface area contributed by atoms with Crippen LogP contribution < -0.4 is 15.4 Å². The van der Waals surface area contributed by atoms with E-state index >= 15 is 0 Å². The number of thioether (sulfide) groups is 1. The lowest BCUT2D eigenvalue weighted by Crippen LogP contribution is -2.24. The number of carbonyl (C=O) groups is 2. The number of amides is 2. The smallest absolute Gasteiger partial charge is 0.416 e. The van der Waals surface area contributed by atoms with Crippen molar-refractivity contribution in [3.63, 3.8) is 0 Å². The standard InChI is InChI=1S/C29H25Cl3F3N5O3S/c1-2-3-12-43-20-8-4-17(5-9-20)27(42)36-15-25-38-39-28(40(25)19-7-11-21(30)23(32)14-19)44-16-26(41)37-24-13-18(29(33,34)35)6-10-22(24)31/h4-11,13-14H,2-3,12,15-16H2,1H3,(H,36,42)(H,37,41). The van der Waals surface area contributed by atoms with Gasteiger partial charge in [-0.1, -0.05) is 59.9 Å². The predicted octanol–water partition coefficient (Wildman–Crippen LogP) is 8.09. The molecule has 15 heteroatoms. The molecule has 232 valence electrons. The van der Waals surface area contributed by atoms with E-state index in [1.807, 2.05) is 0 Å². The third kappa shape index (κ3) is 8.81. The summed E-state index contributed by atoms with van der Waals surface area (Å²) in [6.07, 6.45) is -2.67. The number of nitrogens with one attached hydrogen (secondary N) is 2. The summed E-state index contributed by atoms with van der Waals surface area (Å²) in [6.45, 7) is 2.62. The summed E-state index contributed by atoms with van der Waals surface area (Å²) in [7, 11) is 0. The number of halogens is 6. The monoisotopic (exact) mass is 685 g/mol. The number of unbranched alkanes of at least 4 members (excludes halogenated alkanes) is 1. The van der Waals surface area contributed by atoms with E-state index in [1.165, 1.54) is 0 Å². The van der Waals surface area contributed by atoms with Crippen molar-refractivity contribution in [3.8, 4) is 11.4 Å².